The molecule has 0 aliphatic carbocycles. The van der Waals surface area contributed by atoms with Crippen LogP contribution in [0.2, 0.25) is 5.02 Å². The van der Waals surface area contributed by atoms with E-state index in [1.165, 1.54) is 6.07 Å². The fraction of sp³-hybridized carbons (Fsp3) is 0.421. The lowest BCUT2D eigenvalue weighted by Gasteiger charge is -2.20. The third-order valence-electron chi connectivity index (χ3n) is 4.14. The van der Waals surface area contributed by atoms with Crippen molar-refractivity contribution in [3.63, 3.8) is 0 Å². The van der Waals surface area contributed by atoms with Crippen molar-refractivity contribution < 1.29 is 9.53 Å². The van der Waals surface area contributed by atoms with Gasteiger partial charge < -0.3 is 4.74 Å². The lowest BCUT2D eigenvalue weighted by atomic mass is 10.1. The molecule has 1 unspecified atom stereocenters. The molecule has 0 radical (unpaired) electrons. The number of nitrogens with zero attached hydrogens (tertiary/aromatic N) is 2. The number of anilines is 1. The molecular weight excluding hydrogens is 354 g/mol. The number of fused-ring (bicyclic) bond motifs is 1. The lowest BCUT2D eigenvalue weighted by Crippen LogP contribution is -2.27. The zero-order valence-corrected chi connectivity index (χ0v) is 16.1. The molecule has 1 aromatic carbocycles. The number of hydrogen-bond acceptors (Lipinski definition) is 4. The Hall–Kier alpha value is -2.34. The molecule has 1 amide bonds. The smallest absolute Gasteiger partial charge is 0.412 e. The highest BCUT2D eigenvalue weighted by Gasteiger charge is 2.23. The zero-order valence-electron chi connectivity index (χ0n) is 15.3. The van der Waals surface area contributed by atoms with Gasteiger partial charge in [-0.15, -0.1) is 0 Å². The number of halogens is 1. The number of carbonyl (C=O) groups is 1. The van der Waals surface area contributed by atoms with E-state index in [0.29, 0.717) is 22.0 Å². The Bertz CT molecular complexity index is 915. The van der Waals surface area contributed by atoms with E-state index in [1.54, 1.807) is 43.5 Å². The second-order valence-corrected chi connectivity index (χ2v) is 7.91. The average Bonchev–Trinajstić information content (AvgIpc) is 2.89. The third kappa shape index (κ3) is 3.90. The van der Waals surface area contributed by atoms with Crippen LogP contribution in [0.4, 0.5) is 10.5 Å². The molecule has 0 saturated carbocycles. The number of aryl methyl sites for hydroxylation is 1. The standard InChI is InChI=1S/C19H22ClN3O3/c1-11-5-8-16-21-15(10-17(24)23(11)16)13-9-12(20)6-7-14(13)22-18(25)26-19(2,3)4/h6-7,9-11H,5,8H2,1-4H3,(H,22,25). The summed E-state index contributed by atoms with van der Waals surface area (Å²) in [6.45, 7) is 7.38. The van der Waals surface area contributed by atoms with E-state index in [0.717, 1.165) is 18.7 Å². The van der Waals surface area contributed by atoms with E-state index in [-0.39, 0.29) is 11.6 Å². The van der Waals surface area contributed by atoms with Crippen molar-refractivity contribution >= 4 is 23.4 Å². The summed E-state index contributed by atoms with van der Waals surface area (Å²) in [5.74, 6) is 0.753. The fourth-order valence-corrected chi connectivity index (χ4v) is 3.21. The van der Waals surface area contributed by atoms with Crippen LogP contribution in [0.1, 0.15) is 46.0 Å². The lowest BCUT2D eigenvalue weighted by molar-refractivity contribution is 0.0636. The molecule has 1 N–H and O–H groups in total. The van der Waals surface area contributed by atoms with Gasteiger partial charge in [0.25, 0.3) is 5.56 Å². The fourth-order valence-electron chi connectivity index (χ4n) is 3.04. The first kappa shape index (κ1) is 18.5. The van der Waals surface area contributed by atoms with E-state index in [4.69, 9.17) is 16.3 Å². The summed E-state index contributed by atoms with van der Waals surface area (Å²) < 4.78 is 7.02. The van der Waals surface area contributed by atoms with Crippen molar-refractivity contribution in [2.24, 2.45) is 0 Å². The van der Waals surface area contributed by atoms with Crippen LogP contribution in [0, 0.1) is 0 Å². The molecular formula is C19H22ClN3O3. The van der Waals surface area contributed by atoms with Gasteiger partial charge in [-0.1, -0.05) is 11.6 Å². The first-order valence-corrected chi connectivity index (χ1v) is 8.94. The largest absolute Gasteiger partial charge is 0.444 e. The topological polar surface area (TPSA) is 73.2 Å². The van der Waals surface area contributed by atoms with Gasteiger partial charge in [-0.05, 0) is 52.3 Å². The number of hydrogen-bond donors (Lipinski definition) is 1. The van der Waals surface area contributed by atoms with Gasteiger partial charge >= 0.3 is 6.09 Å². The van der Waals surface area contributed by atoms with E-state index in [9.17, 15) is 9.59 Å². The third-order valence-corrected chi connectivity index (χ3v) is 4.38. The number of benzene rings is 1. The van der Waals surface area contributed by atoms with E-state index >= 15 is 0 Å². The summed E-state index contributed by atoms with van der Waals surface area (Å²) in [5.41, 5.74) is 0.856. The highest BCUT2D eigenvalue weighted by atomic mass is 35.5. The Morgan fingerprint density at radius 1 is 1.35 bits per heavy atom. The number of rotatable bonds is 2. The van der Waals surface area contributed by atoms with E-state index < -0.39 is 11.7 Å². The highest BCUT2D eigenvalue weighted by Crippen LogP contribution is 2.31. The summed E-state index contributed by atoms with van der Waals surface area (Å²) in [6.07, 6.45) is 1.07. The van der Waals surface area contributed by atoms with Crippen LogP contribution in [0.25, 0.3) is 11.3 Å². The number of aromatic nitrogens is 2. The van der Waals surface area contributed by atoms with Crippen LogP contribution in [-0.4, -0.2) is 21.2 Å². The van der Waals surface area contributed by atoms with E-state index in [1.807, 2.05) is 6.92 Å². The summed E-state index contributed by atoms with van der Waals surface area (Å²) in [7, 11) is 0. The van der Waals surface area contributed by atoms with Crippen molar-refractivity contribution in [1.82, 2.24) is 9.55 Å². The summed E-state index contributed by atoms with van der Waals surface area (Å²) in [6, 6.07) is 6.66. The van der Waals surface area contributed by atoms with E-state index in [2.05, 4.69) is 10.3 Å². The highest BCUT2D eigenvalue weighted by molar-refractivity contribution is 6.31. The maximum Gasteiger partial charge on any atom is 0.412 e. The number of carbonyl (C=O) groups excluding carboxylic acids is 1. The first-order chi connectivity index (χ1) is 12.1. The van der Waals surface area contributed by atoms with Crippen molar-refractivity contribution in [3.05, 3.63) is 45.5 Å². The van der Waals surface area contributed by atoms with Crippen LogP contribution in [-0.2, 0) is 11.2 Å². The zero-order chi connectivity index (χ0) is 19.1. The quantitative estimate of drug-likeness (QED) is 0.843. The number of ether oxygens (including phenoxy) is 1. The van der Waals surface area contributed by atoms with Gasteiger partial charge in [0.2, 0.25) is 0 Å². The second kappa shape index (κ2) is 6.76. The van der Waals surface area contributed by atoms with Crippen LogP contribution in [0.15, 0.2) is 29.1 Å². The van der Waals surface area contributed by atoms with Crippen molar-refractivity contribution in [3.8, 4) is 11.3 Å². The maximum absolute atomic E-state index is 12.5. The molecule has 2 aromatic rings. The molecule has 0 saturated heterocycles. The average molecular weight is 376 g/mol. The van der Waals surface area contributed by atoms with Gasteiger partial charge in [0.1, 0.15) is 11.4 Å². The van der Waals surface area contributed by atoms with Crippen molar-refractivity contribution in [2.45, 2.75) is 52.2 Å². The Kier molecular flexibility index (Phi) is 4.80. The van der Waals surface area contributed by atoms with Gasteiger partial charge in [0.15, 0.2) is 0 Å². The SMILES string of the molecule is CC1CCc2nc(-c3cc(Cl)ccc3NC(=O)OC(C)(C)C)cc(=O)n21. The Balaban J connectivity index is 2.01. The minimum atomic E-state index is -0.614. The molecule has 2 heterocycles. The van der Waals surface area contributed by atoms with Crippen LogP contribution < -0.4 is 10.9 Å². The molecule has 7 heteroatoms. The monoisotopic (exact) mass is 375 g/mol. The van der Waals surface area contributed by atoms with Crippen molar-refractivity contribution in [2.75, 3.05) is 5.32 Å². The van der Waals surface area contributed by atoms with Crippen LogP contribution in [0.5, 0.6) is 0 Å². The minimum absolute atomic E-state index is 0.0989. The maximum atomic E-state index is 12.5. The van der Waals surface area contributed by atoms with Crippen LogP contribution >= 0.6 is 11.6 Å². The molecule has 3 rings (SSSR count). The molecule has 1 atom stereocenters. The predicted molar refractivity (Wildman–Crippen MR) is 102 cm³/mol. The minimum Gasteiger partial charge on any atom is -0.444 e. The molecule has 1 aliphatic rings. The van der Waals surface area contributed by atoms with Crippen LogP contribution in [0.3, 0.4) is 0 Å². The van der Waals surface area contributed by atoms with Crippen molar-refractivity contribution in [1.29, 1.82) is 0 Å². The second-order valence-electron chi connectivity index (χ2n) is 7.47. The number of nitrogens with one attached hydrogen (secondary N) is 1. The molecule has 0 fully saturated rings. The van der Waals surface area contributed by atoms with Gasteiger partial charge in [0.05, 0.1) is 11.4 Å². The van der Waals surface area contributed by atoms with Gasteiger partial charge in [-0.2, -0.15) is 0 Å². The number of amides is 1. The Morgan fingerprint density at radius 3 is 2.77 bits per heavy atom. The predicted octanol–water partition coefficient (Wildman–Crippen LogP) is 4.42. The summed E-state index contributed by atoms with van der Waals surface area (Å²) in [4.78, 5) is 29.3. The molecule has 6 nitrogen and oxygen atoms in total. The van der Waals surface area contributed by atoms with Gasteiger partial charge in [0, 0.05) is 29.1 Å². The normalized spacial score (nSPS) is 16.3. The molecule has 0 bridgehead atoms. The Morgan fingerprint density at radius 2 is 2.08 bits per heavy atom. The van der Waals surface area contributed by atoms with Gasteiger partial charge in [-0.25, -0.2) is 9.78 Å². The first-order valence-electron chi connectivity index (χ1n) is 8.56. The molecule has 26 heavy (non-hydrogen) atoms. The Labute approximate surface area is 157 Å². The molecule has 138 valence electrons. The van der Waals surface area contributed by atoms with Gasteiger partial charge in [-0.3, -0.25) is 14.7 Å². The summed E-state index contributed by atoms with van der Waals surface area (Å²) >= 11 is 6.13. The molecule has 1 aliphatic heterocycles. The molecule has 0 spiro atoms. The summed E-state index contributed by atoms with van der Waals surface area (Å²) in [5, 5.41) is 3.21. The molecule has 1 aromatic heterocycles.